The Bertz CT molecular complexity index is 184. The summed E-state index contributed by atoms with van der Waals surface area (Å²) in [6.45, 7) is 7.33. The summed E-state index contributed by atoms with van der Waals surface area (Å²) in [5.74, 6) is 0. The zero-order valence-corrected chi connectivity index (χ0v) is 13.6. The van der Waals surface area contributed by atoms with Crippen molar-refractivity contribution in [3.8, 4) is 0 Å². The maximum Gasteiger partial charge on any atom is 0.00952 e. The van der Waals surface area contributed by atoms with Crippen molar-refractivity contribution in [1.29, 1.82) is 0 Å². The predicted octanol–water partition coefficient (Wildman–Crippen LogP) is 5.78. The second-order valence-electron chi connectivity index (χ2n) is 6.45. The van der Waals surface area contributed by atoms with Gasteiger partial charge in [0.15, 0.2) is 0 Å². The van der Waals surface area contributed by atoms with Crippen LogP contribution in [0, 0.1) is 0 Å². The van der Waals surface area contributed by atoms with E-state index in [4.69, 9.17) is 0 Å². The van der Waals surface area contributed by atoms with Crippen LogP contribution in [0.25, 0.3) is 0 Å². The van der Waals surface area contributed by atoms with Gasteiger partial charge in [-0.1, -0.05) is 71.6 Å². The van der Waals surface area contributed by atoms with Crippen molar-refractivity contribution in [2.75, 3.05) is 13.1 Å². The number of hydrogen-bond acceptors (Lipinski definition) is 1. The Kier molecular flexibility index (Phi) is 10.5. The summed E-state index contributed by atoms with van der Waals surface area (Å²) in [4.78, 5) is 2.81. The second kappa shape index (κ2) is 11.8. The van der Waals surface area contributed by atoms with Crippen molar-refractivity contribution < 1.29 is 0 Å². The lowest BCUT2D eigenvalue weighted by Gasteiger charge is -2.34. The summed E-state index contributed by atoms with van der Waals surface area (Å²) in [6.07, 6.45) is 18.8. The molecule has 1 heteroatoms. The molecule has 1 aliphatic rings. The molecule has 0 aromatic heterocycles. The van der Waals surface area contributed by atoms with Crippen LogP contribution in [-0.2, 0) is 0 Å². The van der Waals surface area contributed by atoms with Crippen LogP contribution in [0.15, 0.2) is 0 Å². The lowest BCUT2D eigenvalue weighted by Crippen LogP contribution is -2.38. The van der Waals surface area contributed by atoms with E-state index in [-0.39, 0.29) is 0 Å². The highest BCUT2D eigenvalue weighted by atomic mass is 15.1. The fourth-order valence-electron chi connectivity index (χ4n) is 3.48. The molecule has 0 aromatic rings. The third-order valence-corrected chi connectivity index (χ3v) is 4.65. The first-order chi connectivity index (χ1) is 9.38. The largest absolute Gasteiger partial charge is 0.300 e. The Morgan fingerprint density at radius 1 is 0.684 bits per heavy atom. The number of hydrogen-bond donors (Lipinski definition) is 0. The smallest absolute Gasteiger partial charge is 0.00952 e. The first kappa shape index (κ1) is 17.0. The van der Waals surface area contributed by atoms with Gasteiger partial charge in [0, 0.05) is 6.04 Å². The van der Waals surface area contributed by atoms with E-state index in [1.54, 1.807) is 0 Å². The van der Waals surface area contributed by atoms with Crippen LogP contribution in [0.5, 0.6) is 0 Å². The van der Waals surface area contributed by atoms with Crippen LogP contribution < -0.4 is 0 Å². The molecule has 0 bridgehead atoms. The highest BCUT2D eigenvalue weighted by Gasteiger charge is 2.19. The van der Waals surface area contributed by atoms with Crippen LogP contribution in [-0.4, -0.2) is 24.0 Å². The second-order valence-corrected chi connectivity index (χ2v) is 6.45. The van der Waals surface area contributed by atoms with E-state index in [1.807, 2.05) is 0 Å². The molecule has 0 spiro atoms. The molecule has 1 rings (SSSR count). The molecule has 114 valence electrons. The standard InChI is InChI=1S/C18H37N/c1-3-5-6-7-8-9-13-17-19(16-4-2)18-14-11-10-12-15-18/h18H,3-17H2,1-2H3. The molecular formula is C18H37N. The predicted molar refractivity (Wildman–Crippen MR) is 86.7 cm³/mol. The Hall–Kier alpha value is -0.0400. The summed E-state index contributed by atoms with van der Waals surface area (Å²) < 4.78 is 0. The van der Waals surface area contributed by atoms with Crippen molar-refractivity contribution >= 4 is 0 Å². The first-order valence-electron chi connectivity index (χ1n) is 9.12. The normalized spacial score (nSPS) is 17.2. The van der Waals surface area contributed by atoms with Crippen LogP contribution in [0.4, 0.5) is 0 Å². The molecule has 1 aliphatic carbocycles. The van der Waals surface area contributed by atoms with Crippen LogP contribution in [0.3, 0.4) is 0 Å². The van der Waals surface area contributed by atoms with Crippen molar-refractivity contribution in [2.24, 2.45) is 0 Å². The van der Waals surface area contributed by atoms with E-state index < -0.39 is 0 Å². The minimum atomic E-state index is 0.925. The highest BCUT2D eigenvalue weighted by molar-refractivity contribution is 4.75. The van der Waals surface area contributed by atoms with Gasteiger partial charge in [-0.05, 0) is 38.8 Å². The maximum absolute atomic E-state index is 2.81. The molecule has 1 saturated carbocycles. The van der Waals surface area contributed by atoms with Crippen LogP contribution in [0.1, 0.15) is 97.3 Å². The summed E-state index contributed by atoms with van der Waals surface area (Å²) in [5.41, 5.74) is 0. The third-order valence-electron chi connectivity index (χ3n) is 4.65. The molecule has 1 fully saturated rings. The fraction of sp³-hybridized carbons (Fsp3) is 1.00. The summed E-state index contributed by atoms with van der Waals surface area (Å²) in [6, 6.07) is 0.925. The first-order valence-corrected chi connectivity index (χ1v) is 9.12. The molecule has 0 radical (unpaired) electrons. The van der Waals surface area contributed by atoms with E-state index in [9.17, 15) is 0 Å². The minimum absolute atomic E-state index is 0.925. The molecule has 0 unspecified atom stereocenters. The highest BCUT2D eigenvalue weighted by Crippen LogP contribution is 2.23. The summed E-state index contributed by atoms with van der Waals surface area (Å²) in [5, 5.41) is 0. The molecule has 0 amide bonds. The monoisotopic (exact) mass is 267 g/mol. The van der Waals surface area contributed by atoms with Gasteiger partial charge in [-0.15, -0.1) is 0 Å². The van der Waals surface area contributed by atoms with Crippen LogP contribution >= 0.6 is 0 Å². The van der Waals surface area contributed by atoms with E-state index in [2.05, 4.69) is 18.7 Å². The molecule has 0 saturated heterocycles. The van der Waals surface area contributed by atoms with E-state index in [0.29, 0.717) is 0 Å². The molecule has 1 nitrogen and oxygen atoms in total. The molecule has 19 heavy (non-hydrogen) atoms. The van der Waals surface area contributed by atoms with Gasteiger partial charge in [0.05, 0.1) is 0 Å². The topological polar surface area (TPSA) is 3.24 Å². The maximum atomic E-state index is 2.81. The third kappa shape index (κ3) is 7.97. The number of rotatable bonds is 11. The van der Waals surface area contributed by atoms with Crippen molar-refractivity contribution in [3.05, 3.63) is 0 Å². The van der Waals surface area contributed by atoms with Gasteiger partial charge in [-0.25, -0.2) is 0 Å². The van der Waals surface area contributed by atoms with E-state index >= 15 is 0 Å². The number of unbranched alkanes of at least 4 members (excludes halogenated alkanes) is 6. The SMILES string of the molecule is CCCCCCCCCN(CCC)C1CCCCC1. The van der Waals surface area contributed by atoms with E-state index in [0.717, 1.165) is 6.04 Å². The van der Waals surface area contributed by atoms with Gasteiger partial charge in [0.2, 0.25) is 0 Å². The van der Waals surface area contributed by atoms with Crippen molar-refractivity contribution in [3.63, 3.8) is 0 Å². The molecule has 0 aliphatic heterocycles. The molecule has 0 atom stereocenters. The summed E-state index contributed by atoms with van der Waals surface area (Å²) >= 11 is 0. The Labute approximate surface area is 122 Å². The average molecular weight is 268 g/mol. The lowest BCUT2D eigenvalue weighted by molar-refractivity contribution is 0.153. The Morgan fingerprint density at radius 3 is 1.95 bits per heavy atom. The van der Waals surface area contributed by atoms with Gasteiger partial charge in [0.25, 0.3) is 0 Å². The zero-order valence-electron chi connectivity index (χ0n) is 13.6. The van der Waals surface area contributed by atoms with Gasteiger partial charge < -0.3 is 4.90 Å². The molecule has 0 heterocycles. The van der Waals surface area contributed by atoms with Crippen molar-refractivity contribution in [1.82, 2.24) is 4.90 Å². The van der Waals surface area contributed by atoms with Gasteiger partial charge in [-0.2, -0.15) is 0 Å². The fourth-order valence-corrected chi connectivity index (χ4v) is 3.48. The Balaban J connectivity index is 2.07. The van der Waals surface area contributed by atoms with Crippen LogP contribution in [0.2, 0.25) is 0 Å². The minimum Gasteiger partial charge on any atom is -0.300 e. The van der Waals surface area contributed by atoms with Gasteiger partial charge in [0.1, 0.15) is 0 Å². The Morgan fingerprint density at radius 2 is 1.32 bits per heavy atom. The molecular weight excluding hydrogens is 230 g/mol. The quantitative estimate of drug-likeness (QED) is 0.429. The molecule has 0 N–H and O–H groups in total. The zero-order chi connectivity index (χ0) is 13.8. The number of nitrogens with zero attached hydrogens (tertiary/aromatic N) is 1. The van der Waals surface area contributed by atoms with E-state index in [1.165, 1.54) is 96.6 Å². The van der Waals surface area contributed by atoms with Gasteiger partial charge in [-0.3, -0.25) is 0 Å². The molecule has 0 aromatic carbocycles. The lowest BCUT2D eigenvalue weighted by atomic mass is 9.94. The summed E-state index contributed by atoms with van der Waals surface area (Å²) in [7, 11) is 0. The van der Waals surface area contributed by atoms with Crippen molar-refractivity contribution in [2.45, 2.75) is 103 Å². The average Bonchev–Trinajstić information content (AvgIpc) is 2.46. The van der Waals surface area contributed by atoms with Gasteiger partial charge >= 0.3 is 0 Å².